The van der Waals surface area contributed by atoms with E-state index in [0.29, 0.717) is 13.0 Å². The van der Waals surface area contributed by atoms with Crippen molar-refractivity contribution < 1.29 is 4.79 Å². The molecule has 3 aromatic rings. The van der Waals surface area contributed by atoms with Gasteiger partial charge in [0.05, 0.1) is 5.69 Å². The first-order valence-electron chi connectivity index (χ1n) is 11.2. The maximum Gasteiger partial charge on any atom is 0.227 e. The van der Waals surface area contributed by atoms with E-state index in [0.717, 1.165) is 49.7 Å². The summed E-state index contributed by atoms with van der Waals surface area (Å²) >= 11 is 0. The molecule has 2 heterocycles. The summed E-state index contributed by atoms with van der Waals surface area (Å²) < 4.78 is 1.85. The van der Waals surface area contributed by atoms with Crippen LogP contribution in [0.4, 0.5) is 5.69 Å². The number of nitrogens with zero attached hydrogens (tertiary/aromatic N) is 4. The SMILES string of the molecule is CN=C(NCCCC(=O)N1CCc2ccccc21)NCCc1ccc(-n2cccn2)cc1.I. The number of fused-ring (bicyclic) bond motifs is 1. The van der Waals surface area contributed by atoms with Crippen LogP contribution in [-0.2, 0) is 17.6 Å². The second kappa shape index (κ2) is 12.4. The van der Waals surface area contributed by atoms with Gasteiger partial charge in [-0.1, -0.05) is 30.3 Å². The molecular weight excluding hydrogens is 527 g/mol. The van der Waals surface area contributed by atoms with Gasteiger partial charge in [-0.25, -0.2) is 4.68 Å². The summed E-state index contributed by atoms with van der Waals surface area (Å²) in [5, 5.41) is 10.9. The summed E-state index contributed by atoms with van der Waals surface area (Å²) in [6.45, 7) is 2.28. The van der Waals surface area contributed by atoms with E-state index < -0.39 is 0 Å². The first-order chi connectivity index (χ1) is 15.7. The molecule has 0 radical (unpaired) electrons. The molecule has 0 saturated heterocycles. The van der Waals surface area contributed by atoms with Gasteiger partial charge in [-0.3, -0.25) is 9.79 Å². The maximum absolute atomic E-state index is 12.6. The summed E-state index contributed by atoms with van der Waals surface area (Å²) in [6, 6.07) is 18.5. The monoisotopic (exact) mass is 558 g/mol. The van der Waals surface area contributed by atoms with Gasteiger partial charge in [0.2, 0.25) is 5.91 Å². The molecule has 0 spiro atoms. The summed E-state index contributed by atoms with van der Waals surface area (Å²) in [4.78, 5) is 18.8. The third kappa shape index (κ3) is 6.56. The quantitative estimate of drug-likeness (QED) is 0.192. The zero-order valence-electron chi connectivity index (χ0n) is 18.9. The van der Waals surface area contributed by atoms with Crippen LogP contribution in [0.15, 0.2) is 72.0 Å². The first-order valence-corrected chi connectivity index (χ1v) is 11.2. The largest absolute Gasteiger partial charge is 0.356 e. The zero-order chi connectivity index (χ0) is 22.2. The van der Waals surface area contributed by atoms with Crippen LogP contribution < -0.4 is 15.5 Å². The number of amides is 1. The van der Waals surface area contributed by atoms with Crippen LogP contribution in [-0.4, -0.2) is 48.3 Å². The molecule has 1 aliphatic rings. The number of benzene rings is 2. The Morgan fingerprint density at radius 2 is 1.85 bits per heavy atom. The molecule has 1 aromatic heterocycles. The molecule has 0 atom stereocenters. The molecule has 33 heavy (non-hydrogen) atoms. The molecule has 0 unspecified atom stereocenters. The van der Waals surface area contributed by atoms with Crippen molar-refractivity contribution in [3.8, 4) is 5.69 Å². The van der Waals surface area contributed by atoms with Crippen LogP contribution in [0, 0.1) is 0 Å². The smallest absolute Gasteiger partial charge is 0.227 e. The van der Waals surface area contributed by atoms with Crippen molar-refractivity contribution >= 4 is 41.5 Å². The van der Waals surface area contributed by atoms with E-state index in [-0.39, 0.29) is 29.9 Å². The number of para-hydroxylation sites is 1. The summed E-state index contributed by atoms with van der Waals surface area (Å²) in [5.74, 6) is 0.954. The molecule has 2 aromatic carbocycles. The van der Waals surface area contributed by atoms with Gasteiger partial charge in [0.15, 0.2) is 5.96 Å². The number of carbonyl (C=O) groups is 1. The standard InChI is InChI=1S/C25H30N6O.HI/c1-26-25(28-17-13-20-9-11-22(12-10-20)31-18-5-16-29-31)27-15-4-8-24(32)30-19-14-21-6-2-3-7-23(21)30;/h2-3,5-7,9-12,16,18H,4,8,13-15,17,19H2,1H3,(H2,26,27,28);1H. The number of hydrogen-bond donors (Lipinski definition) is 2. The van der Waals surface area contributed by atoms with Crippen LogP contribution in [0.1, 0.15) is 24.0 Å². The van der Waals surface area contributed by atoms with Gasteiger partial charge in [-0.05, 0) is 54.7 Å². The minimum Gasteiger partial charge on any atom is -0.356 e. The molecule has 0 bridgehead atoms. The van der Waals surface area contributed by atoms with Crippen molar-refractivity contribution in [1.82, 2.24) is 20.4 Å². The number of carbonyl (C=O) groups excluding carboxylic acids is 1. The number of guanidine groups is 1. The lowest BCUT2D eigenvalue weighted by molar-refractivity contribution is -0.118. The number of rotatable bonds is 8. The first kappa shape index (κ1) is 24.8. The Bertz CT molecular complexity index is 1050. The van der Waals surface area contributed by atoms with E-state index in [1.165, 1.54) is 11.1 Å². The highest BCUT2D eigenvalue weighted by Gasteiger charge is 2.23. The van der Waals surface area contributed by atoms with Gasteiger partial charge in [-0.15, -0.1) is 24.0 Å². The molecule has 0 saturated carbocycles. The lowest BCUT2D eigenvalue weighted by atomic mass is 10.1. The number of halogens is 1. The van der Waals surface area contributed by atoms with Crippen LogP contribution in [0.3, 0.4) is 0 Å². The highest BCUT2D eigenvalue weighted by molar-refractivity contribution is 14.0. The van der Waals surface area contributed by atoms with Crippen LogP contribution in [0.5, 0.6) is 0 Å². The Morgan fingerprint density at radius 1 is 1.06 bits per heavy atom. The molecule has 1 aliphatic heterocycles. The maximum atomic E-state index is 12.6. The van der Waals surface area contributed by atoms with E-state index in [9.17, 15) is 4.79 Å². The fraction of sp³-hybridized carbons (Fsp3) is 0.320. The van der Waals surface area contributed by atoms with Crippen molar-refractivity contribution in [2.75, 3.05) is 31.6 Å². The Hall–Kier alpha value is -2.88. The number of anilines is 1. The Kier molecular flexibility index (Phi) is 9.29. The second-order valence-electron chi connectivity index (χ2n) is 7.82. The minimum absolute atomic E-state index is 0. The molecule has 174 valence electrons. The van der Waals surface area contributed by atoms with Crippen LogP contribution >= 0.6 is 24.0 Å². The van der Waals surface area contributed by atoms with Gasteiger partial charge in [-0.2, -0.15) is 5.10 Å². The Morgan fingerprint density at radius 3 is 2.61 bits per heavy atom. The van der Waals surface area contributed by atoms with Gasteiger partial charge in [0, 0.05) is 51.2 Å². The van der Waals surface area contributed by atoms with Crippen molar-refractivity contribution in [3.63, 3.8) is 0 Å². The number of aromatic nitrogens is 2. The van der Waals surface area contributed by atoms with E-state index in [4.69, 9.17) is 0 Å². The van der Waals surface area contributed by atoms with Gasteiger partial charge in [0.25, 0.3) is 0 Å². The van der Waals surface area contributed by atoms with E-state index in [1.807, 2.05) is 40.0 Å². The van der Waals surface area contributed by atoms with Gasteiger partial charge >= 0.3 is 0 Å². The normalized spacial score (nSPS) is 12.8. The van der Waals surface area contributed by atoms with E-state index >= 15 is 0 Å². The van der Waals surface area contributed by atoms with Crippen molar-refractivity contribution in [1.29, 1.82) is 0 Å². The topological polar surface area (TPSA) is 74.6 Å². The van der Waals surface area contributed by atoms with Crippen LogP contribution in [0.25, 0.3) is 5.69 Å². The van der Waals surface area contributed by atoms with Crippen molar-refractivity contribution in [2.24, 2.45) is 4.99 Å². The molecule has 8 heteroatoms. The number of aliphatic imine (C=N–C) groups is 1. The lowest BCUT2D eigenvalue weighted by Crippen LogP contribution is -2.39. The highest BCUT2D eigenvalue weighted by atomic mass is 127. The fourth-order valence-electron chi connectivity index (χ4n) is 3.96. The zero-order valence-corrected chi connectivity index (χ0v) is 21.2. The van der Waals surface area contributed by atoms with Crippen molar-refractivity contribution in [2.45, 2.75) is 25.7 Å². The average Bonchev–Trinajstić information content (AvgIpc) is 3.51. The lowest BCUT2D eigenvalue weighted by Gasteiger charge is -2.17. The third-order valence-corrected chi connectivity index (χ3v) is 5.68. The van der Waals surface area contributed by atoms with Gasteiger partial charge < -0.3 is 15.5 Å². The summed E-state index contributed by atoms with van der Waals surface area (Å²) in [6.07, 6.45) is 6.85. The molecule has 0 aliphatic carbocycles. The molecule has 2 N–H and O–H groups in total. The van der Waals surface area contributed by atoms with Crippen molar-refractivity contribution in [3.05, 3.63) is 78.1 Å². The average molecular weight is 558 g/mol. The molecule has 4 rings (SSSR count). The number of hydrogen-bond acceptors (Lipinski definition) is 3. The van der Waals surface area contributed by atoms with Gasteiger partial charge in [0.1, 0.15) is 0 Å². The molecule has 0 fully saturated rings. The predicted octanol–water partition coefficient (Wildman–Crippen LogP) is 3.57. The molecule has 7 nitrogen and oxygen atoms in total. The van der Waals surface area contributed by atoms with Crippen LogP contribution in [0.2, 0.25) is 0 Å². The summed E-state index contributed by atoms with van der Waals surface area (Å²) in [5.41, 5.74) is 4.64. The Labute approximate surface area is 212 Å². The fourth-order valence-corrected chi connectivity index (χ4v) is 3.96. The third-order valence-electron chi connectivity index (χ3n) is 5.68. The summed E-state index contributed by atoms with van der Waals surface area (Å²) in [7, 11) is 1.76. The highest BCUT2D eigenvalue weighted by Crippen LogP contribution is 2.27. The Balaban J connectivity index is 0.00000306. The van der Waals surface area contributed by atoms with E-state index in [2.05, 4.69) is 51.1 Å². The molecular formula is C25H31IN6O. The van der Waals surface area contributed by atoms with E-state index in [1.54, 1.807) is 13.2 Å². The number of nitrogens with one attached hydrogen (secondary N) is 2. The molecule has 1 amide bonds. The minimum atomic E-state index is 0. The predicted molar refractivity (Wildman–Crippen MR) is 144 cm³/mol. The second-order valence-corrected chi connectivity index (χ2v) is 7.82.